The second-order valence-corrected chi connectivity index (χ2v) is 9.91. The van der Waals surface area contributed by atoms with Crippen LogP contribution in [0.2, 0.25) is 0 Å². The van der Waals surface area contributed by atoms with Crippen molar-refractivity contribution in [2.75, 3.05) is 0 Å². The van der Waals surface area contributed by atoms with E-state index in [1.54, 1.807) is 0 Å². The quantitative estimate of drug-likeness (QED) is 0.484. The van der Waals surface area contributed by atoms with Gasteiger partial charge in [-0.05, 0) is 6.92 Å². The van der Waals surface area contributed by atoms with Crippen LogP contribution in [-0.4, -0.2) is 9.97 Å². The fourth-order valence-electron chi connectivity index (χ4n) is 1.25. The zero-order chi connectivity index (χ0) is 15.2. The van der Waals surface area contributed by atoms with E-state index in [-0.39, 0.29) is 17.5 Å². The minimum absolute atomic E-state index is 0.0312. The lowest BCUT2D eigenvalue weighted by molar-refractivity contribution is -0.694. The van der Waals surface area contributed by atoms with Gasteiger partial charge in [-0.25, -0.2) is 4.57 Å². The van der Waals surface area contributed by atoms with Gasteiger partial charge in [-0.1, -0.05) is 103 Å². The van der Waals surface area contributed by atoms with Gasteiger partial charge in [-0.2, -0.15) is 0 Å². The van der Waals surface area contributed by atoms with Gasteiger partial charge < -0.3 is 0 Å². The van der Waals surface area contributed by atoms with Crippen molar-refractivity contribution in [2.45, 2.75) is 18.8 Å². The molecule has 3 nitrogen and oxygen atoms in total. The van der Waals surface area contributed by atoms with Crippen molar-refractivity contribution in [1.82, 2.24) is 9.97 Å². The SMILES string of the molecule is C[n+]1c(C(C)(Cl)Cl)nc(C(Cl)(Cl)Cl)nc1C(Cl)(Cl)Cl. The molecule has 1 rings (SSSR count). The van der Waals surface area contributed by atoms with Crippen LogP contribution in [-0.2, 0) is 19.0 Å². The first-order valence-corrected chi connectivity index (χ1v) is 7.57. The zero-order valence-electron chi connectivity index (χ0n) is 9.37. The van der Waals surface area contributed by atoms with E-state index in [2.05, 4.69) is 9.97 Å². The molecule has 108 valence electrons. The number of nitrogens with zero attached hydrogens (tertiary/aromatic N) is 3. The first-order chi connectivity index (χ1) is 8.24. The average Bonchev–Trinajstić information content (AvgIpc) is 2.11. The van der Waals surface area contributed by atoms with Crippen LogP contribution in [0.3, 0.4) is 0 Å². The Morgan fingerprint density at radius 2 is 1.21 bits per heavy atom. The highest BCUT2D eigenvalue weighted by molar-refractivity contribution is 6.67. The standard InChI is InChI=1S/C8H6Cl8N3/c1-6(9,10)4-17-3(7(11,12)13)18-5(19(4)2)8(14,15)16/h1-2H3/q+1. The van der Waals surface area contributed by atoms with Crippen LogP contribution >= 0.6 is 92.8 Å². The van der Waals surface area contributed by atoms with E-state index < -0.39 is 11.9 Å². The molecule has 11 heteroatoms. The molecule has 0 saturated carbocycles. The predicted octanol–water partition coefficient (Wildman–Crippen LogP) is 4.60. The van der Waals surface area contributed by atoms with Gasteiger partial charge in [0.25, 0.3) is 19.2 Å². The Morgan fingerprint density at radius 1 is 0.789 bits per heavy atom. The van der Waals surface area contributed by atoms with Gasteiger partial charge in [0.15, 0.2) is 0 Å². The average molecular weight is 428 g/mol. The zero-order valence-corrected chi connectivity index (χ0v) is 15.4. The number of alkyl halides is 8. The molecule has 0 N–H and O–H groups in total. The third kappa shape index (κ3) is 4.65. The van der Waals surface area contributed by atoms with E-state index in [0.717, 1.165) is 0 Å². The van der Waals surface area contributed by atoms with Crippen molar-refractivity contribution in [1.29, 1.82) is 0 Å². The molecule has 19 heavy (non-hydrogen) atoms. The third-order valence-corrected chi connectivity index (χ3v) is 3.31. The Hall–Kier alpha value is 1.33. The highest BCUT2D eigenvalue weighted by Crippen LogP contribution is 2.41. The van der Waals surface area contributed by atoms with Crippen molar-refractivity contribution in [2.24, 2.45) is 7.05 Å². The maximum absolute atomic E-state index is 6.00. The summed E-state index contributed by atoms with van der Waals surface area (Å²) >= 11 is 46.7. The van der Waals surface area contributed by atoms with Crippen molar-refractivity contribution < 1.29 is 4.57 Å². The summed E-state index contributed by atoms with van der Waals surface area (Å²) in [6.07, 6.45) is 0. The summed E-state index contributed by atoms with van der Waals surface area (Å²) in [4.78, 5) is 7.94. The lowest BCUT2D eigenvalue weighted by atomic mass is 10.4. The van der Waals surface area contributed by atoms with Gasteiger partial charge >= 0.3 is 5.82 Å². The highest BCUT2D eigenvalue weighted by atomic mass is 35.6. The van der Waals surface area contributed by atoms with Crippen molar-refractivity contribution in [3.63, 3.8) is 0 Å². The lowest BCUT2D eigenvalue weighted by Crippen LogP contribution is -2.47. The van der Waals surface area contributed by atoms with Crippen LogP contribution < -0.4 is 4.57 Å². The molecule has 1 heterocycles. The first-order valence-electron chi connectivity index (χ1n) is 4.55. The van der Waals surface area contributed by atoms with E-state index in [1.165, 1.54) is 18.5 Å². The van der Waals surface area contributed by atoms with Gasteiger partial charge in [0.05, 0.1) is 7.05 Å². The van der Waals surface area contributed by atoms with Crippen LogP contribution in [0.15, 0.2) is 0 Å². The fourth-order valence-corrected chi connectivity index (χ4v) is 2.35. The van der Waals surface area contributed by atoms with E-state index in [0.29, 0.717) is 0 Å². The minimum Gasteiger partial charge on any atom is -0.231 e. The molecule has 0 aromatic carbocycles. The Labute approximate surface area is 150 Å². The smallest absolute Gasteiger partial charge is 0.231 e. The normalized spacial score (nSPS) is 13.8. The molecule has 0 aliphatic heterocycles. The van der Waals surface area contributed by atoms with E-state index in [4.69, 9.17) is 92.8 Å². The molecule has 0 radical (unpaired) electrons. The van der Waals surface area contributed by atoms with Crippen LogP contribution in [0, 0.1) is 0 Å². The van der Waals surface area contributed by atoms with Gasteiger partial charge in [-0.15, -0.1) is 0 Å². The Bertz CT molecular complexity index is 449. The summed E-state index contributed by atoms with van der Waals surface area (Å²) < 4.78 is -3.84. The van der Waals surface area contributed by atoms with E-state index in [1.807, 2.05) is 0 Å². The lowest BCUT2D eigenvalue weighted by Gasteiger charge is -2.17. The molecule has 0 spiro atoms. The Morgan fingerprint density at radius 3 is 1.53 bits per heavy atom. The highest BCUT2D eigenvalue weighted by Gasteiger charge is 2.45. The molecule has 0 unspecified atom stereocenters. The minimum atomic E-state index is -1.91. The monoisotopic (exact) mass is 424 g/mol. The topological polar surface area (TPSA) is 29.7 Å². The summed E-state index contributed by atoms with van der Waals surface area (Å²) in [6.45, 7) is 1.47. The van der Waals surface area contributed by atoms with Crippen LogP contribution in [0.5, 0.6) is 0 Å². The molecule has 0 aliphatic rings. The molecule has 0 bridgehead atoms. The molecule has 1 aromatic rings. The second-order valence-electron chi connectivity index (χ2n) is 3.64. The third-order valence-electron chi connectivity index (χ3n) is 1.96. The van der Waals surface area contributed by atoms with Crippen LogP contribution in [0.1, 0.15) is 24.4 Å². The Kier molecular flexibility index (Phi) is 5.66. The van der Waals surface area contributed by atoms with Crippen LogP contribution in [0.4, 0.5) is 0 Å². The van der Waals surface area contributed by atoms with Crippen molar-refractivity contribution in [3.8, 4) is 0 Å². The summed E-state index contributed by atoms with van der Waals surface area (Å²) in [7, 11) is 1.53. The maximum atomic E-state index is 6.00. The van der Waals surface area contributed by atoms with Crippen molar-refractivity contribution >= 4 is 92.8 Å². The van der Waals surface area contributed by atoms with Gasteiger partial charge in [0.1, 0.15) is 0 Å². The van der Waals surface area contributed by atoms with Crippen LogP contribution in [0.25, 0.3) is 0 Å². The largest absolute Gasteiger partial charge is 0.328 e. The molecular weight excluding hydrogens is 422 g/mol. The molecular formula is C8H6Cl8N3+. The molecule has 0 fully saturated rings. The van der Waals surface area contributed by atoms with E-state index >= 15 is 0 Å². The van der Waals surface area contributed by atoms with E-state index in [9.17, 15) is 0 Å². The summed E-state index contributed by atoms with van der Waals surface area (Å²) in [5.41, 5.74) is 0. The number of aromatic nitrogens is 3. The summed E-state index contributed by atoms with van der Waals surface area (Å²) in [6, 6.07) is 0. The van der Waals surface area contributed by atoms with Gasteiger partial charge in [0.2, 0.25) is 4.33 Å². The molecule has 0 atom stereocenters. The number of hydrogen-bond acceptors (Lipinski definition) is 2. The summed E-state index contributed by atoms with van der Waals surface area (Å²) in [5, 5.41) is 0. The fraction of sp³-hybridized carbons (Fsp3) is 0.625. The summed E-state index contributed by atoms with van der Waals surface area (Å²) in [5.74, 6) is -0.107. The number of halogens is 8. The molecule has 0 saturated heterocycles. The molecule has 1 aromatic heterocycles. The predicted molar refractivity (Wildman–Crippen MR) is 80.7 cm³/mol. The number of hydrogen-bond donors (Lipinski definition) is 0. The van der Waals surface area contributed by atoms with Crippen molar-refractivity contribution in [3.05, 3.63) is 17.5 Å². The molecule has 0 amide bonds. The first kappa shape index (κ1) is 18.4. The molecule has 0 aliphatic carbocycles. The van der Waals surface area contributed by atoms with Gasteiger partial charge in [-0.3, -0.25) is 0 Å². The maximum Gasteiger partial charge on any atom is 0.328 e. The second kappa shape index (κ2) is 5.85. The van der Waals surface area contributed by atoms with Gasteiger partial charge in [0, 0.05) is 0 Å². The number of rotatable bonds is 1. The Balaban J connectivity index is 3.68.